The second kappa shape index (κ2) is 9.39. The van der Waals surface area contributed by atoms with Gasteiger partial charge in [-0.1, -0.05) is 41.4 Å². The highest BCUT2D eigenvalue weighted by Gasteiger charge is 2.15. The van der Waals surface area contributed by atoms with Crippen molar-refractivity contribution in [3.05, 3.63) is 63.6 Å². The van der Waals surface area contributed by atoms with E-state index in [2.05, 4.69) is 10.6 Å². The summed E-state index contributed by atoms with van der Waals surface area (Å²) < 4.78 is 0. The second-order valence-corrected chi connectivity index (χ2v) is 6.74. The minimum absolute atomic E-state index is 0.167. The van der Waals surface area contributed by atoms with E-state index in [-0.39, 0.29) is 24.9 Å². The Bertz CT molecular complexity index is 871. The van der Waals surface area contributed by atoms with E-state index in [0.29, 0.717) is 21.3 Å². The third-order valence-electron chi connectivity index (χ3n) is 3.80. The number of carbonyl (C=O) groups is 3. The fourth-order valence-corrected chi connectivity index (χ4v) is 2.59. The molecule has 2 rings (SSSR count). The largest absolute Gasteiger partial charge is 0.343 e. The van der Waals surface area contributed by atoms with Crippen LogP contribution in [-0.2, 0) is 9.59 Å². The molecule has 0 spiro atoms. The number of aryl methyl sites for hydroxylation is 1. The molecule has 0 radical (unpaired) electrons. The Morgan fingerprint density at radius 2 is 1.74 bits per heavy atom. The van der Waals surface area contributed by atoms with E-state index < -0.39 is 5.91 Å². The van der Waals surface area contributed by atoms with E-state index in [1.165, 1.54) is 18.0 Å². The molecule has 0 unspecified atom stereocenters. The minimum atomic E-state index is -0.394. The van der Waals surface area contributed by atoms with Gasteiger partial charge in [0.1, 0.15) is 0 Å². The van der Waals surface area contributed by atoms with Gasteiger partial charge in [-0.2, -0.15) is 0 Å². The summed E-state index contributed by atoms with van der Waals surface area (Å²) in [6, 6.07) is 11.8. The first-order valence-electron chi connectivity index (χ1n) is 8.10. The first kappa shape index (κ1) is 20.7. The first-order valence-corrected chi connectivity index (χ1v) is 8.86. The van der Waals surface area contributed by atoms with Crippen molar-refractivity contribution in [2.75, 3.05) is 25.5 Å². The molecule has 8 heteroatoms. The van der Waals surface area contributed by atoms with Gasteiger partial charge in [0.25, 0.3) is 5.91 Å². The van der Waals surface area contributed by atoms with Gasteiger partial charge in [0.05, 0.1) is 23.1 Å². The summed E-state index contributed by atoms with van der Waals surface area (Å²) in [4.78, 5) is 37.6. The van der Waals surface area contributed by atoms with Crippen molar-refractivity contribution in [1.29, 1.82) is 0 Å². The second-order valence-electron chi connectivity index (χ2n) is 5.92. The molecule has 6 nitrogen and oxygen atoms in total. The van der Waals surface area contributed by atoms with E-state index >= 15 is 0 Å². The molecule has 0 aliphatic heterocycles. The van der Waals surface area contributed by atoms with Crippen molar-refractivity contribution < 1.29 is 14.4 Å². The predicted octanol–water partition coefficient (Wildman–Crippen LogP) is 3.13. The van der Waals surface area contributed by atoms with E-state index in [0.717, 1.165) is 5.56 Å². The van der Waals surface area contributed by atoms with Gasteiger partial charge in [-0.05, 0) is 36.8 Å². The van der Waals surface area contributed by atoms with E-state index in [1.807, 2.05) is 19.1 Å². The maximum Gasteiger partial charge on any atom is 0.251 e. The summed E-state index contributed by atoms with van der Waals surface area (Å²) in [7, 11) is 1.48. The van der Waals surface area contributed by atoms with Crippen LogP contribution in [0.5, 0.6) is 0 Å². The molecule has 0 bridgehead atoms. The fraction of sp³-hybridized carbons (Fsp3) is 0.211. The molecule has 0 aliphatic rings. The van der Waals surface area contributed by atoms with Crippen molar-refractivity contribution in [2.45, 2.75) is 6.92 Å². The zero-order valence-electron chi connectivity index (χ0n) is 14.9. The van der Waals surface area contributed by atoms with Crippen molar-refractivity contribution >= 4 is 46.6 Å². The molecule has 0 saturated carbocycles. The molecule has 0 aromatic heterocycles. The molecule has 2 aromatic carbocycles. The minimum Gasteiger partial charge on any atom is -0.343 e. The lowest BCUT2D eigenvalue weighted by atomic mass is 10.1. The molecule has 2 aromatic rings. The van der Waals surface area contributed by atoms with Gasteiger partial charge in [-0.15, -0.1) is 0 Å². The van der Waals surface area contributed by atoms with Crippen LogP contribution < -0.4 is 10.6 Å². The molecular weight excluding hydrogens is 389 g/mol. The van der Waals surface area contributed by atoms with Crippen molar-refractivity contribution in [3.8, 4) is 0 Å². The van der Waals surface area contributed by atoms with Crippen LogP contribution in [0.15, 0.2) is 42.5 Å². The Morgan fingerprint density at radius 1 is 1.04 bits per heavy atom. The van der Waals surface area contributed by atoms with E-state index in [4.69, 9.17) is 23.2 Å². The lowest BCUT2D eigenvalue weighted by Gasteiger charge is -2.17. The summed E-state index contributed by atoms with van der Waals surface area (Å²) in [6.07, 6.45) is 0. The van der Waals surface area contributed by atoms with Gasteiger partial charge in [0.15, 0.2) is 0 Å². The van der Waals surface area contributed by atoms with Crippen molar-refractivity contribution in [2.24, 2.45) is 0 Å². The average Bonchev–Trinajstić information content (AvgIpc) is 2.62. The van der Waals surface area contributed by atoms with Gasteiger partial charge in [-0.3, -0.25) is 14.4 Å². The highest BCUT2D eigenvalue weighted by molar-refractivity contribution is 6.42. The van der Waals surface area contributed by atoms with Crippen LogP contribution in [-0.4, -0.2) is 42.8 Å². The lowest BCUT2D eigenvalue weighted by Crippen LogP contribution is -2.41. The molecule has 0 atom stereocenters. The maximum absolute atomic E-state index is 12.1. The number of amides is 3. The van der Waals surface area contributed by atoms with Gasteiger partial charge in [0, 0.05) is 18.3 Å². The van der Waals surface area contributed by atoms with Gasteiger partial charge in [-0.25, -0.2) is 0 Å². The number of nitrogens with zero attached hydrogens (tertiary/aromatic N) is 1. The number of likely N-dealkylation sites (N-methyl/N-ethyl adjacent to an activating group) is 1. The monoisotopic (exact) mass is 407 g/mol. The normalized spacial score (nSPS) is 10.2. The molecule has 142 valence electrons. The van der Waals surface area contributed by atoms with Gasteiger partial charge < -0.3 is 15.5 Å². The number of hydrogen-bond donors (Lipinski definition) is 2. The zero-order chi connectivity index (χ0) is 20.0. The molecule has 27 heavy (non-hydrogen) atoms. The topological polar surface area (TPSA) is 78.5 Å². The van der Waals surface area contributed by atoms with Crippen LogP contribution >= 0.6 is 23.2 Å². The summed E-state index contributed by atoms with van der Waals surface area (Å²) >= 11 is 11.7. The van der Waals surface area contributed by atoms with Crippen LogP contribution in [0.3, 0.4) is 0 Å². The third-order valence-corrected chi connectivity index (χ3v) is 4.54. The number of rotatable bonds is 6. The van der Waals surface area contributed by atoms with Crippen LogP contribution in [0.1, 0.15) is 15.9 Å². The molecule has 0 fully saturated rings. The number of hydrogen-bond acceptors (Lipinski definition) is 3. The van der Waals surface area contributed by atoms with Gasteiger partial charge in [0.2, 0.25) is 11.8 Å². The van der Waals surface area contributed by atoms with Crippen LogP contribution in [0.4, 0.5) is 5.69 Å². The van der Waals surface area contributed by atoms with Crippen LogP contribution in [0, 0.1) is 6.92 Å². The van der Waals surface area contributed by atoms with Crippen molar-refractivity contribution in [1.82, 2.24) is 10.2 Å². The third kappa shape index (κ3) is 5.98. The number of carbonyl (C=O) groups excluding carboxylic acids is 3. The van der Waals surface area contributed by atoms with E-state index in [1.54, 1.807) is 24.3 Å². The SMILES string of the molecule is Cc1ccccc1C(=O)NCC(=O)N(C)CC(=O)Nc1ccc(Cl)c(Cl)c1. The lowest BCUT2D eigenvalue weighted by molar-refractivity contribution is -0.132. The Balaban J connectivity index is 1.84. The first-order chi connectivity index (χ1) is 12.8. The summed E-state index contributed by atoms with van der Waals surface area (Å²) in [5.41, 5.74) is 1.80. The van der Waals surface area contributed by atoms with Crippen LogP contribution in [0.2, 0.25) is 10.0 Å². The molecular formula is C19H19Cl2N3O3. The standard InChI is InChI=1S/C19H19Cl2N3O3/c1-12-5-3-4-6-14(12)19(27)22-10-18(26)24(2)11-17(25)23-13-7-8-15(20)16(21)9-13/h3-9H,10-11H2,1-2H3,(H,22,27)(H,23,25). The smallest absolute Gasteiger partial charge is 0.251 e. The summed E-state index contributed by atoms with van der Waals surface area (Å²) in [6.45, 7) is 1.44. The number of halogens is 2. The Morgan fingerprint density at radius 3 is 2.41 bits per heavy atom. The highest BCUT2D eigenvalue weighted by Crippen LogP contribution is 2.24. The molecule has 2 N–H and O–H groups in total. The quantitative estimate of drug-likeness (QED) is 0.771. The highest BCUT2D eigenvalue weighted by atomic mass is 35.5. The van der Waals surface area contributed by atoms with E-state index in [9.17, 15) is 14.4 Å². The average molecular weight is 408 g/mol. The van der Waals surface area contributed by atoms with Crippen LogP contribution in [0.25, 0.3) is 0 Å². The summed E-state index contributed by atoms with van der Waals surface area (Å²) in [5, 5.41) is 5.89. The Hall–Kier alpha value is -2.57. The molecule has 0 saturated heterocycles. The number of nitrogens with one attached hydrogen (secondary N) is 2. The predicted molar refractivity (Wildman–Crippen MR) is 106 cm³/mol. The molecule has 3 amide bonds. The number of anilines is 1. The summed E-state index contributed by atoms with van der Waals surface area (Å²) in [5.74, 6) is -1.12. The van der Waals surface area contributed by atoms with Gasteiger partial charge >= 0.3 is 0 Å². The fourth-order valence-electron chi connectivity index (χ4n) is 2.29. The van der Waals surface area contributed by atoms with Crippen molar-refractivity contribution in [3.63, 3.8) is 0 Å². The number of benzene rings is 2. The molecule has 0 aliphatic carbocycles. The molecule has 0 heterocycles. The zero-order valence-corrected chi connectivity index (χ0v) is 16.4. The maximum atomic E-state index is 12.1. The Kier molecular flexibility index (Phi) is 7.21. The Labute approximate surface area is 167 Å².